The molecule has 0 saturated carbocycles. The first-order chi connectivity index (χ1) is 9.60. The van der Waals surface area contributed by atoms with Crippen molar-refractivity contribution in [3.63, 3.8) is 0 Å². The van der Waals surface area contributed by atoms with Crippen LogP contribution in [0.1, 0.15) is 45.6 Å². The number of aromatic nitrogens is 2. The van der Waals surface area contributed by atoms with Crippen LogP contribution in [0.4, 0.5) is 0 Å². The van der Waals surface area contributed by atoms with E-state index in [1.807, 2.05) is 20.8 Å². The number of rotatable bonds is 4. The Hall–Kier alpha value is -1.74. The Morgan fingerprint density at radius 2 is 1.81 bits per heavy atom. The molecule has 0 fully saturated rings. The van der Waals surface area contributed by atoms with Gasteiger partial charge in [-0.2, -0.15) is 0 Å². The Morgan fingerprint density at radius 3 is 2.29 bits per heavy atom. The van der Waals surface area contributed by atoms with Gasteiger partial charge in [0.15, 0.2) is 0 Å². The number of sulfone groups is 1. The first-order valence-electron chi connectivity index (χ1n) is 6.65. The summed E-state index contributed by atoms with van der Waals surface area (Å²) in [7, 11) is -3.38. The lowest BCUT2D eigenvalue weighted by Crippen LogP contribution is -2.19. The minimum Gasteiger partial charge on any atom is -0.299 e. The van der Waals surface area contributed by atoms with Crippen LogP contribution < -0.4 is 0 Å². The molecule has 0 radical (unpaired) electrons. The molecule has 0 saturated heterocycles. The highest BCUT2D eigenvalue weighted by Gasteiger charge is 2.19. The molecular weight excluding hydrogens is 288 g/mol. The summed E-state index contributed by atoms with van der Waals surface area (Å²) < 4.78 is 22.4. The molecule has 6 heteroatoms. The van der Waals surface area contributed by atoms with Crippen molar-refractivity contribution in [2.45, 2.75) is 45.2 Å². The Morgan fingerprint density at radius 1 is 1.24 bits per heavy atom. The molecule has 1 rings (SSSR count). The second-order valence-corrected chi connectivity index (χ2v) is 7.76. The SMILES string of the molecule is CC(C)(C)C(=O)CCCC#Cc1cnc(S(C)(=O)=O)nc1. The van der Waals surface area contributed by atoms with Crippen LogP contribution in [0.2, 0.25) is 0 Å². The molecule has 1 aromatic heterocycles. The van der Waals surface area contributed by atoms with Gasteiger partial charge in [-0.25, -0.2) is 18.4 Å². The summed E-state index contributed by atoms with van der Waals surface area (Å²) in [6.45, 7) is 5.71. The molecule has 0 aliphatic heterocycles. The van der Waals surface area contributed by atoms with Gasteiger partial charge in [-0.05, 0) is 6.42 Å². The first kappa shape index (κ1) is 17.3. The van der Waals surface area contributed by atoms with Crippen molar-refractivity contribution >= 4 is 15.6 Å². The van der Waals surface area contributed by atoms with Crippen LogP contribution in [-0.2, 0) is 14.6 Å². The highest BCUT2D eigenvalue weighted by Crippen LogP contribution is 2.17. The molecule has 0 N–H and O–H groups in total. The van der Waals surface area contributed by atoms with E-state index in [1.54, 1.807) is 0 Å². The predicted octanol–water partition coefficient (Wildman–Crippen LogP) is 2.02. The lowest BCUT2D eigenvalue weighted by atomic mass is 9.88. The number of unbranched alkanes of at least 4 members (excludes halogenated alkanes) is 1. The quantitative estimate of drug-likeness (QED) is 0.483. The highest BCUT2D eigenvalue weighted by molar-refractivity contribution is 7.90. The smallest absolute Gasteiger partial charge is 0.246 e. The van der Waals surface area contributed by atoms with E-state index in [-0.39, 0.29) is 16.4 Å². The van der Waals surface area contributed by atoms with Gasteiger partial charge in [-0.3, -0.25) is 4.79 Å². The van der Waals surface area contributed by atoms with E-state index in [1.165, 1.54) is 12.4 Å². The molecule has 0 bridgehead atoms. The van der Waals surface area contributed by atoms with Crippen LogP contribution in [0.25, 0.3) is 0 Å². The number of hydrogen-bond acceptors (Lipinski definition) is 5. The normalized spacial score (nSPS) is 11.6. The van der Waals surface area contributed by atoms with E-state index in [9.17, 15) is 13.2 Å². The molecule has 0 unspecified atom stereocenters. The van der Waals surface area contributed by atoms with Crippen LogP contribution in [0.3, 0.4) is 0 Å². The fourth-order valence-corrected chi connectivity index (χ4v) is 1.94. The Kier molecular flexibility index (Phi) is 5.62. The van der Waals surface area contributed by atoms with Crippen LogP contribution in [0, 0.1) is 17.3 Å². The molecule has 0 amide bonds. The van der Waals surface area contributed by atoms with Crippen LogP contribution in [-0.4, -0.2) is 30.4 Å². The van der Waals surface area contributed by atoms with Crippen molar-refractivity contribution < 1.29 is 13.2 Å². The van der Waals surface area contributed by atoms with E-state index in [2.05, 4.69) is 21.8 Å². The van der Waals surface area contributed by atoms with Gasteiger partial charge in [-0.1, -0.05) is 32.6 Å². The van der Waals surface area contributed by atoms with E-state index >= 15 is 0 Å². The molecular formula is C15H20N2O3S. The average Bonchev–Trinajstić information content (AvgIpc) is 2.36. The second kappa shape index (κ2) is 6.81. The van der Waals surface area contributed by atoms with E-state index in [4.69, 9.17) is 0 Å². The predicted molar refractivity (Wildman–Crippen MR) is 80.3 cm³/mol. The summed E-state index contributed by atoms with van der Waals surface area (Å²) in [4.78, 5) is 19.2. The standard InChI is InChI=1S/C15H20N2O3S/c1-15(2,3)13(18)9-7-5-6-8-12-10-16-14(17-11-12)21(4,19)20/h10-11H,5,7,9H2,1-4H3. The largest absolute Gasteiger partial charge is 0.299 e. The van der Waals surface area contributed by atoms with Crippen molar-refractivity contribution in [2.24, 2.45) is 5.41 Å². The Labute approximate surface area is 126 Å². The van der Waals surface area contributed by atoms with Crippen molar-refractivity contribution in [3.8, 4) is 11.8 Å². The fraction of sp³-hybridized carbons (Fsp3) is 0.533. The third kappa shape index (κ3) is 6.05. The highest BCUT2D eigenvalue weighted by atomic mass is 32.2. The van der Waals surface area contributed by atoms with Crippen molar-refractivity contribution in [3.05, 3.63) is 18.0 Å². The van der Waals surface area contributed by atoms with Crippen molar-refractivity contribution in [1.82, 2.24) is 9.97 Å². The van der Waals surface area contributed by atoms with Gasteiger partial charge in [0, 0.05) is 36.9 Å². The maximum absolute atomic E-state index is 11.7. The zero-order valence-electron chi connectivity index (χ0n) is 12.8. The summed E-state index contributed by atoms with van der Waals surface area (Å²) in [6, 6.07) is 0. The first-order valence-corrected chi connectivity index (χ1v) is 8.54. The van der Waals surface area contributed by atoms with Crippen molar-refractivity contribution in [2.75, 3.05) is 6.26 Å². The molecule has 0 aliphatic carbocycles. The molecule has 0 aromatic carbocycles. The minimum atomic E-state index is -3.38. The van der Waals surface area contributed by atoms with Crippen molar-refractivity contribution in [1.29, 1.82) is 0 Å². The number of hydrogen-bond donors (Lipinski definition) is 0. The fourth-order valence-electron chi connectivity index (χ4n) is 1.45. The maximum atomic E-state index is 11.7. The van der Waals surface area contributed by atoms with Gasteiger partial charge in [0.05, 0.1) is 5.56 Å². The zero-order valence-corrected chi connectivity index (χ0v) is 13.6. The van der Waals surface area contributed by atoms with Gasteiger partial charge in [0.1, 0.15) is 5.78 Å². The van der Waals surface area contributed by atoms with E-state index in [0.717, 1.165) is 6.26 Å². The van der Waals surface area contributed by atoms with Gasteiger partial charge >= 0.3 is 0 Å². The Balaban J connectivity index is 2.51. The number of ketones is 1. The molecule has 1 aromatic rings. The average molecular weight is 308 g/mol. The summed E-state index contributed by atoms with van der Waals surface area (Å²) >= 11 is 0. The van der Waals surface area contributed by atoms with Gasteiger partial charge in [0.25, 0.3) is 0 Å². The number of carbonyl (C=O) groups is 1. The molecule has 0 aliphatic rings. The van der Waals surface area contributed by atoms with Gasteiger partial charge in [0.2, 0.25) is 15.0 Å². The number of carbonyl (C=O) groups excluding carboxylic acids is 1. The summed E-state index contributed by atoms with van der Waals surface area (Å²) in [5, 5.41) is -0.205. The minimum absolute atomic E-state index is 0.205. The molecule has 114 valence electrons. The second-order valence-electron chi connectivity index (χ2n) is 5.85. The molecule has 1 heterocycles. The molecule has 0 atom stereocenters. The zero-order chi connectivity index (χ0) is 16.1. The third-order valence-corrected chi connectivity index (χ3v) is 3.61. The lowest BCUT2D eigenvalue weighted by Gasteiger charge is -2.15. The maximum Gasteiger partial charge on any atom is 0.246 e. The third-order valence-electron chi connectivity index (χ3n) is 2.73. The molecule has 0 spiro atoms. The number of nitrogens with zero attached hydrogens (tertiary/aromatic N) is 2. The monoisotopic (exact) mass is 308 g/mol. The van der Waals surface area contributed by atoms with Crippen LogP contribution in [0.5, 0.6) is 0 Å². The topological polar surface area (TPSA) is 77.0 Å². The van der Waals surface area contributed by atoms with Gasteiger partial charge in [-0.15, -0.1) is 0 Å². The Bertz CT molecular complexity index is 660. The molecule has 5 nitrogen and oxygen atoms in total. The number of Topliss-reactive ketones (excluding diaryl/α,β-unsaturated/α-hetero) is 1. The van der Waals surface area contributed by atoms with E-state index < -0.39 is 9.84 Å². The summed E-state index contributed by atoms with van der Waals surface area (Å²) in [5.74, 6) is 6.02. The van der Waals surface area contributed by atoms with Crippen LogP contribution >= 0.6 is 0 Å². The lowest BCUT2D eigenvalue weighted by molar-refractivity contribution is -0.126. The van der Waals surface area contributed by atoms with Crippen LogP contribution in [0.15, 0.2) is 17.6 Å². The van der Waals surface area contributed by atoms with Gasteiger partial charge < -0.3 is 0 Å². The molecule has 21 heavy (non-hydrogen) atoms. The summed E-state index contributed by atoms with van der Waals surface area (Å²) in [5.41, 5.74) is 0.257. The van der Waals surface area contributed by atoms with E-state index in [0.29, 0.717) is 24.8 Å². The summed E-state index contributed by atoms with van der Waals surface area (Å²) in [6.07, 6.45) is 5.66.